The summed E-state index contributed by atoms with van der Waals surface area (Å²) < 4.78 is 0. The molecule has 8 heteroatoms. The number of rotatable bonds is 4. The first kappa shape index (κ1) is 15.7. The van der Waals surface area contributed by atoms with Crippen LogP contribution >= 0.6 is 11.3 Å². The molecule has 0 aromatic carbocycles. The van der Waals surface area contributed by atoms with Crippen LogP contribution in [0.25, 0.3) is 0 Å². The Labute approximate surface area is 127 Å². The summed E-state index contributed by atoms with van der Waals surface area (Å²) >= 11 is 1.54. The summed E-state index contributed by atoms with van der Waals surface area (Å²) in [6.45, 7) is 6.14. The van der Waals surface area contributed by atoms with Crippen LogP contribution in [0.2, 0.25) is 0 Å². The molecule has 0 bridgehead atoms. The third-order valence-electron chi connectivity index (χ3n) is 3.37. The van der Waals surface area contributed by atoms with Crippen LogP contribution in [0.15, 0.2) is 5.38 Å². The fourth-order valence-electron chi connectivity index (χ4n) is 2.21. The fraction of sp³-hybridized carbons (Fsp3) is 0.615. The van der Waals surface area contributed by atoms with Crippen molar-refractivity contribution in [1.82, 2.24) is 20.1 Å². The molecule has 0 saturated carbocycles. The van der Waals surface area contributed by atoms with Gasteiger partial charge >= 0.3 is 12.0 Å². The summed E-state index contributed by atoms with van der Waals surface area (Å²) in [6.07, 6.45) is 0. The highest BCUT2D eigenvalue weighted by molar-refractivity contribution is 7.09. The average Bonchev–Trinajstić information content (AvgIpc) is 2.85. The summed E-state index contributed by atoms with van der Waals surface area (Å²) in [5, 5.41) is 14.5. The molecule has 1 atom stereocenters. The van der Waals surface area contributed by atoms with Crippen molar-refractivity contribution >= 4 is 23.3 Å². The van der Waals surface area contributed by atoms with E-state index in [1.165, 1.54) is 11.3 Å². The number of aromatic nitrogens is 1. The molecule has 1 aliphatic rings. The van der Waals surface area contributed by atoms with Crippen LogP contribution in [-0.4, -0.2) is 64.6 Å². The number of aryl methyl sites for hydroxylation is 1. The minimum atomic E-state index is -0.833. The second-order valence-corrected chi connectivity index (χ2v) is 6.04. The number of urea groups is 1. The predicted molar refractivity (Wildman–Crippen MR) is 79.4 cm³/mol. The van der Waals surface area contributed by atoms with E-state index in [0.717, 1.165) is 10.7 Å². The van der Waals surface area contributed by atoms with E-state index >= 15 is 0 Å². The summed E-state index contributed by atoms with van der Waals surface area (Å²) in [6, 6.07) is -0.237. The maximum Gasteiger partial charge on any atom is 0.318 e. The molecule has 1 saturated heterocycles. The molecular formula is C13H20N4O3S. The Kier molecular flexibility index (Phi) is 5.13. The molecule has 21 heavy (non-hydrogen) atoms. The van der Waals surface area contributed by atoms with Gasteiger partial charge in [-0.25, -0.2) is 9.78 Å². The van der Waals surface area contributed by atoms with Gasteiger partial charge in [0.25, 0.3) is 0 Å². The Balaban J connectivity index is 1.80. The summed E-state index contributed by atoms with van der Waals surface area (Å²) in [4.78, 5) is 30.7. The summed E-state index contributed by atoms with van der Waals surface area (Å²) in [5.41, 5.74) is 0.957. The monoisotopic (exact) mass is 312 g/mol. The summed E-state index contributed by atoms with van der Waals surface area (Å²) in [5.74, 6) is -0.833. The van der Waals surface area contributed by atoms with Crippen LogP contribution in [0.5, 0.6) is 0 Å². The first-order valence-corrected chi connectivity index (χ1v) is 7.75. The van der Waals surface area contributed by atoms with Crippen molar-refractivity contribution in [3.8, 4) is 0 Å². The van der Waals surface area contributed by atoms with Gasteiger partial charge in [-0.15, -0.1) is 11.3 Å². The maximum atomic E-state index is 12.2. The molecule has 0 spiro atoms. The number of carbonyl (C=O) groups is 2. The van der Waals surface area contributed by atoms with E-state index in [2.05, 4.69) is 10.3 Å². The van der Waals surface area contributed by atoms with Crippen LogP contribution in [0.3, 0.4) is 0 Å². The zero-order chi connectivity index (χ0) is 15.4. The average molecular weight is 312 g/mol. The number of carbonyl (C=O) groups excluding carboxylic acids is 1. The molecule has 1 aromatic heterocycles. The van der Waals surface area contributed by atoms with E-state index in [-0.39, 0.29) is 18.6 Å². The van der Waals surface area contributed by atoms with Crippen LogP contribution in [0.4, 0.5) is 4.79 Å². The van der Waals surface area contributed by atoms with E-state index in [4.69, 9.17) is 5.11 Å². The smallest absolute Gasteiger partial charge is 0.318 e. The van der Waals surface area contributed by atoms with E-state index < -0.39 is 5.97 Å². The highest BCUT2D eigenvalue weighted by atomic mass is 32.1. The van der Waals surface area contributed by atoms with Crippen molar-refractivity contribution in [3.63, 3.8) is 0 Å². The Bertz CT molecular complexity index is 511. The van der Waals surface area contributed by atoms with Gasteiger partial charge < -0.3 is 15.3 Å². The van der Waals surface area contributed by atoms with Gasteiger partial charge in [-0.05, 0) is 13.8 Å². The van der Waals surface area contributed by atoms with Gasteiger partial charge in [-0.1, -0.05) is 0 Å². The van der Waals surface area contributed by atoms with Crippen LogP contribution in [-0.2, 0) is 4.79 Å². The molecule has 7 nitrogen and oxygen atoms in total. The molecule has 2 N–H and O–H groups in total. The van der Waals surface area contributed by atoms with E-state index in [1.54, 1.807) is 4.90 Å². The van der Waals surface area contributed by atoms with Crippen LogP contribution < -0.4 is 5.32 Å². The SMILES string of the molecule is Cc1csc(C(C)NC(=O)N2CCN(CC(=O)O)CC2)n1. The Morgan fingerprint density at radius 3 is 2.62 bits per heavy atom. The highest BCUT2D eigenvalue weighted by Crippen LogP contribution is 2.17. The third kappa shape index (κ3) is 4.40. The van der Waals surface area contributed by atoms with Gasteiger partial charge in [0, 0.05) is 37.3 Å². The van der Waals surface area contributed by atoms with Gasteiger partial charge in [-0.3, -0.25) is 9.69 Å². The van der Waals surface area contributed by atoms with Crippen molar-refractivity contribution < 1.29 is 14.7 Å². The molecule has 0 radical (unpaired) electrons. The van der Waals surface area contributed by atoms with Crippen molar-refractivity contribution in [2.45, 2.75) is 19.9 Å². The largest absolute Gasteiger partial charge is 0.480 e. The zero-order valence-electron chi connectivity index (χ0n) is 12.2. The molecule has 1 aliphatic heterocycles. The van der Waals surface area contributed by atoms with E-state index in [1.807, 2.05) is 24.1 Å². The molecule has 1 aromatic rings. The zero-order valence-corrected chi connectivity index (χ0v) is 13.0. The standard InChI is InChI=1S/C13H20N4O3S/c1-9-8-21-12(14-9)10(2)15-13(20)17-5-3-16(4-6-17)7-11(18)19/h8,10H,3-7H2,1-2H3,(H,15,20)(H,18,19). The quantitative estimate of drug-likeness (QED) is 0.863. The number of aliphatic carboxylic acids is 1. The predicted octanol–water partition coefficient (Wildman–Crippen LogP) is 0.924. The molecule has 2 heterocycles. The second kappa shape index (κ2) is 6.86. The number of carboxylic acids is 1. The maximum absolute atomic E-state index is 12.2. The van der Waals surface area contributed by atoms with Gasteiger partial charge in [-0.2, -0.15) is 0 Å². The Morgan fingerprint density at radius 2 is 2.10 bits per heavy atom. The fourth-order valence-corrected chi connectivity index (χ4v) is 3.01. The normalized spacial score (nSPS) is 17.5. The van der Waals surface area contributed by atoms with Gasteiger partial charge in [0.05, 0.1) is 12.6 Å². The second-order valence-electron chi connectivity index (χ2n) is 5.16. The minimum absolute atomic E-state index is 0.0320. The number of thiazole rings is 1. The number of nitrogens with one attached hydrogen (secondary N) is 1. The Morgan fingerprint density at radius 1 is 1.43 bits per heavy atom. The Hall–Kier alpha value is -1.67. The molecule has 2 rings (SSSR count). The minimum Gasteiger partial charge on any atom is -0.480 e. The van der Waals surface area contributed by atoms with E-state index in [0.29, 0.717) is 26.2 Å². The van der Waals surface area contributed by atoms with Gasteiger partial charge in [0.2, 0.25) is 0 Å². The first-order chi connectivity index (χ1) is 9.95. The number of piperazine rings is 1. The lowest BCUT2D eigenvalue weighted by molar-refractivity contribution is -0.138. The lowest BCUT2D eigenvalue weighted by Gasteiger charge is -2.34. The number of hydrogen-bond donors (Lipinski definition) is 2. The third-order valence-corrected chi connectivity index (χ3v) is 4.51. The van der Waals surface area contributed by atoms with Crippen LogP contribution in [0.1, 0.15) is 23.7 Å². The molecule has 1 unspecified atom stereocenters. The number of nitrogens with zero attached hydrogens (tertiary/aromatic N) is 3. The lowest BCUT2D eigenvalue weighted by Crippen LogP contribution is -2.52. The molecular weight excluding hydrogens is 292 g/mol. The van der Waals surface area contributed by atoms with Crippen molar-refractivity contribution in [1.29, 1.82) is 0 Å². The first-order valence-electron chi connectivity index (χ1n) is 6.87. The highest BCUT2D eigenvalue weighted by Gasteiger charge is 2.23. The number of carboxylic acid groups (broad SMARTS) is 1. The molecule has 2 amide bonds. The lowest BCUT2D eigenvalue weighted by atomic mass is 10.3. The molecule has 116 valence electrons. The number of hydrogen-bond acceptors (Lipinski definition) is 5. The molecule has 0 aliphatic carbocycles. The van der Waals surface area contributed by atoms with E-state index in [9.17, 15) is 9.59 Å². The van der Waals surface area contributed by atoms with Gasteiger partial charge in [0.15, 0.2) is 0 Å². The number of amides is 2. The molecule has 1 fully saturated rings. The van der Waals surface area contributed by atoms with Crippen LogP contribution in [0, 0.1) is 6.92 Å². The van der Waals surface area contributed by atoms with Crippen molar-refractivity contribution in [2.75, 3.05) is 32.7 Å². The topological polar surface area (TPSA) is 85.8 Å². The van der Waals surface area contributed by atoms with Crippen molar-refractivity contribution in [2.24, 2.45) is 0 Å². The summed E-state index contributed by atoms with van der Waals surface area (Å²) in [7, 11) is 0. The van der Waals surface area contributed by atoms with Crippen molar-refractivity contribution in [3.05, 3.63) is 16.1 Å². The van der Waals surface area contributed by atoms with Gasteiger partial charge in [0.1, 0.15) is 5.01 Å².